The number of aliphatic hydroxyl groups excluding tert-OH is 5. The molecule has 0 aromatic rings. The topological polar surface area (TPSA) is 130 Å². The van der Waals surface area contributed by atoms with E-state index in [1.54, 1.807) is 0 Å². The van der Waals surface area contributed by atoms with Crippen molar-refractivity contribution in [2.45, 2.75) is 218 Å². The number of nitrogens with one attached hydrogen (secondary N) is 1. The van der Waals surface area contributed by atoms with E-state index in [-0.39, 0.29) is 0 Å². The van der Waals surface area contributed by atoms with Gasteiger partial charge in [-0.25, -0.2) is 0 Å². The van der Waals surface area contributed by atoms with Gasteiger partial charge in [0, 0.05) is 0 Å². The van der Waals surface area contributed by atoms with Crippen LogP contribution < -0.4 is 5.32 Å². The van der Waals surface area contributed by atoms with Crippen LogP contribution in [0.25, 0.3) is 0 Å². The van der Waals surface area contributed by atoms with Crippen LogP contribution in [0.2, 0.25) is 0 Å². The standard InChI is InChI=1S/C38H75NO6/c1-3-5-7-9-11-13-15-17-18-19-21-23-25-27-29-31-35(42)37(44)38(45)39-33(32-40)36(43)34(41)30-28-26-24-22-20-16-14-12-10-8-6-4-2/h15,17,33-37,40-44H,3-14,16,18-32H2,1-2H3,(H,39,45)/t33-,34+,35-,36-,37+/m0/s1. The quantitative estimate of drug-likeness (QED) is 0.0312. The Labute approximate surface area is 277 Å². The molecule has 0 saturated carbocycles. The molecule has 0 saturated heterocycles. The lowest BCUT2D eigenvalue weighted by molar-refractivity contribution is -0.138. The fourth-order valence-corrected chi connectivity index (χ4v) is 5.90. The van der Waals surface area contributed by atoms with Crippen LogP contribution in [-0.2, 0) is 4.79 Å². The summed E-state index contributed by atoms with van der Waals surface area (Å²) in [6, 6.07) is -1.10. The highest BCUT2D eigenvalue weighted by molar-refractivity contribution is 5.81. The van der Waals surface area contributed by atoms with Crippen LogP contribution in [0.5, 0.6) is 0 Å². The predicted octanol–water partition coefficient (Wildman–Crippen LogP) is 8.04. The average molecular weight is 642 g/mol. The highest BCUT2D eigenvalue weighted by Crippen LogP contribution is 2.16. The van der Waals surface area contributed by atoms with Crippen molar-refractivity contribution in [3.8, 4) is 0 Å². The fraction of sp³-hybridized carbons (Fsp3) is 0.921. The van der Waals surface area contributed by atoms with Gasteiger partial charge in [-0.2, -0.15) is 0 Å². The second-order valence-electron chi connectivity index (χ2n) is 13.4. The van der Waals surface area contributed by atoms with Gasteiger partial charge in [-0.05, 0) is 38.5 Å². The number of rotatable bonds is 34. The first-order valence-corrected chi connectivity index (χ1v) is 19.2. The zero-order chi connectivity index (χ0) is 33.4. The number of carbonyl (C=O) groups is 1. The van der Waals surface area contributed by atoms with Crippen LogP contribution in [0, 0.1) is 0 Å². The lowest BCUT2D eigenvalue weighted by Crippen LogP contribution is -2.54. The highest BCUT2D eigenvalue weighted by atomic mass is 16.3. The van der Waals surface area contributed by atoms with Gasteiger partial charge in [-0.15, -0.1) is 0 Å². The number of unbranched alkanes of at least 4 members (excludes halogenated alkanes) is 22. The number of aliphatic hydroxyl groups is 5. The molecule has 0 aliphatic carbocycles. The summed E-state index contributed by atoms with van der Waals surface area (Å²) in [6.45, 7) is 3.91. The van der Waals surface area contributed by atoms with Gasteiger partial charge in [0.1, 0.15) is 6.10 Å². The number of carbonyl (C=O) groups excluding carboxylic acids is 1. The third kappa shape index (κ3) is 26.7. The molecule has 0 aromatic heterocycles. The SMILES string of the molecule is CCCCCCCC=CCCCCCCCC[C@H](O)[C@@H](O)C(=O)N[C@@H](CO)[C@H](O)[C@H](O)CCCCCCCCCCCCCC. The molecule has 7 heteroatoms. The van der Waals surface area contributed by atoms with Crippen LogP contribution >= 0.6 is 0 Å². The molecule has 0 fully saturated rings. The van der Waals surface area contributed by atoms with Gasteiger partial charge in [-0.3, -0.25) is 4.79 Å². The molecule has 7 nitrogen and oxygen atoms in total. The van der Waals surface area contributed by atoms with Crippen LogP contribution in [0.4, 0.5) is 0 Å². The van der Waals surface area contributed by atoms with E-state index in [4.69, 9.17) is 0 Å². The largest absolute Gasteiger partial charge is 0.394 e. The first kappa shape index (κ1) is 44.0. The molecule has 0 aliphatic rings. The third-order valence-corrected chi connectivity index (χ3v) is 9.08. The smallest absolute Gasteiger partial charge is 0.251 e. The lowest BCUT2D eigenvalue weighted by atomic mass is 9.98. The number of amides is 1. The Morgan fingerprint density at radius 3 is 1.29 bits per heavy atom. The molecule has 5 atom stereocenters. The lowest BCUT2D eigenvalue weighted by Gasteiger charge is -2.28. The molecule has 0 spiro atoms. The summed E-state index contributed by atoms with van der Waals surface area (Å²) >= 11 is 0. The molecule has 0 aliphatic heterocycles. The molecule has 268 valence electrons. The number of allylic oxidation sites excluding steroid dienone is 2. The number of hydrogen-bond donors (Lipinski definition) is 6. The molecule has 0 unspecified atom stereocenters. The summed E-state index contributed by atoms with van der Waals surface area (Å²) in [5.41, 5.74) is 0. The second-order valence-corrected chi connectivity index (χ2v) is 13.4. The average Bonchev–Trinajstić information content (AvgIpc) is 3.04. The van der Waals surface area contributed by atoms with Crippen molar-refractivity contribution in [1.82, 2.24) is 5.32 Å². The Kier molecular flexibility index (Phi) is 32.2. The van der Waals surface area contributed by atoms with Gasteiger partial charge in [0.25, 0.3) is 5.91 Å². The van der Waals surface area contributed by atoms with Gasteiger partial charge in [0.2, 0.25) is 0 Å². The van der Waals surface area contributed by atoms with Crippen LogP contribution in [0.3, 0.4) is 0 Å². The number of hydrogen-bond acceptors (Lipinski definition) is 6. The van der Waals surface area contributed by atoms with E-state index in [9.17, 15) is 30.3 Å². The monoisotopic (exact) mass is 642 g/mol. The van der Waals surface area contributed by atoms with Crippen LogP contribution in [-0.4, -0.2) is 68.5 Å². The molecule has 0 heterocycles. The Bertz CT molecular complexity index is 660. The third-order valence-electron chi connectivity index (χ3n) is 9.08. The molecule has 45 heavy (non-hydrogen) atoms. The summed E-state index contributed by atoms with van der Waals surface area (Å²) < 4.78 is 0. The summed E-state index contributed by atoms with van der Waals surface area (Å²) in [5.74, 6) is -0.841. The summed E-state index contributed by atoms with van der Waals surface area (Å²) in [5, 5.41) is 53.6. The minimum absolute atomic E-state index is 0.309. The molecule has 0 radical (unpaired) electrons. The van der Waals surface area contributed by atoms with E-state index in [2.05, 4.69) is 31.3 Å². The van der Waals surface area contributed by atoms with Crippen molar-refractivity contribution in [3.63, 3.8) is 0 Å². The van der Waals surface area contributed by atoms with Crippen molar-refractivity contribution < 1.29 is 30.3 Å². The molecule has 1 amide bonds. The van der Waals surface area contributed by atoms with Crippen molar-refractivity contribution in [1.29, 1.82) is 0 Å². The first-order valence-electron chi connectivity index (χ1n) is 19.2. The van der Waals surface area contributed by atoms with Gasteiger partial charge in [0.05, 0.1) is 24.9 Å². The molecule has 0 aromatic carbocycles. The van der Waals surface area contributed by atoms with E-state index >= 15 is 0 Å². The van der Waals surface area contributed by atoms with Crippen molar-refractivity contribution >= 4 is 5.91 Å². The van der Waals surface area contributed by atoms with Gasteiger partial charge >= 0.3 is 0 Å². The Morgan fingerprint density at radius 2 is 0.889 bits per heavy atom. The molecular formula is C38H75NO6. The maximum atomic E-state index is 12.5. The summed E-state index contributed by atoms with van der Waals surface area (Å²) in [6.07, 6.45) is 29.7. The van der Waals surface area contributed by atoms with Gasteiger partial charge in [0.15, 0.2) is 6.10 Å². The van der Waals surface area contributed by atoms with Crippen LogP contribution in [0.15, 0.2) is 12.2 Å². The Balaban J connectivity index is 3.94. The molecular weight excluding hydrogens is 566 g/mol. The van der Waals surface area contributed by atoms with Gasteiger partial charge in [-0.1, -0.05) is 161 Å². The maximum absolute atomic E-state index is 12.5. The van der Waals surface area contributed by atoms with Crippen LogP contribution in [0.1, 0.15) is 187 Å². The summed E-state index contributed by atoms with van der Waals surface area (Å²) in [7, 11) is 0. The Morgan fingerprint density at radius 1 is 0.533 bits per heavy atom. The van der Waals surface area contributed by atoms with Crippen molar-refractivity contribution in [3.05, 3.63) is 12.2 Å². The Hall–Kier alpha value is -0.990. The molecule has 0 rings (SSSR count). The zero-order valence-electron chi connectivity index (χ0n) is 29.5. The maximum Gasteiger partial charge on any atom is 0.251 e. The minimum atomic E-state index is -1.64. The molecule has 0 bridgehead atoms. The predicted molar refractivity (Wildman–Crippen MR) is 188 cm³/mol. The van der Waals surface area contributed by atoms with Crippen molar-refractivity contribution in [2.75, 3.05) is 6.61 Å². The molecule has 6 N–H and O–H groups in total. The zero-order valence-corrected chi connectivity index (χ0v) is 29.5. The van der Waals surface area contributed by atoms with E-state index in [1.807, 2.05) is 0 Å². The van der Waals surface area contributed by atoms with E-state index in [0.717, 1.165) is 44.9 Å². The van der Waals surface area contributed by atoms with E-state index in [1.165, 1.54) is 109 Å². The summed E-state index contributed by atoms with van der Waals surface area (Å²) in [4.78, 5) is 12.5. The highest BCUT2D eigenvalue weighted by Gasteiger charge is 2.31. The van der Waals surface area contributed by atoms with Crippen molar-refractivity contribution in [2.24, 2.45) is 0 Å². The van der Waals surface area contributed by atoms with E-state index in [0.29, 0.717) is 19.3 Å². The minimum Gasteiger partial charge on any atom is -0.394 e. The van der Waals surface area contributed by atoms with Gasteiger partial charge < -0.3 is 30.8 Å². The second kappa shape index (κ2) is 32.9. The normalized spacial score (nSPS) is 15.3. The fourth-order valence-electron chi connectivity index (χ4n) is 5.90. The van der Waals surface area contributed by atoms with E-state index < -0.39 is 43.0 Å². The first-order chi connectivity index (χ1) is 21.9.